The van der Waals surface area contributed by atoms with Crippen LogP contribution in [0.1, 0.15) is 34.9 Å². The average molecular weight is 316 g/mol. The SMILES string of the molecule is O=C(NC1CCOC(c2ccc(F)cc2)C1)c1cc[nH]c(=O)c1. The van der Waals surface area contributed by atoms with Gasteiger partial charge in [0.2, 0.25) is 5.56 Å². The second kappa shape index (κ2) is 6.75. The van der Waals surface area contributed by atoms with Crippen molar-refractivity contribution in [3.8, 4) is 0 Å². The third-order valence-corrected chi connectivity index (χ3v) is 3.90. The topological polar surface area (TPSA) is 71.2 Å². The minimum absolute atomic E-state index is 0.0504. The molecule has 0 aliphatic carbocycles. The van der Waals surface area contributed by atoms with E-state index in [-0.39, 0.29) is 29.4 Å². The first-order chi connectivity index (χ1) is 11.1. The molecule has 1 amide bonds. The van der Waals surface area contributed by atoms with Gasteiger partial charge in [0.25, 0.3) is 5.91 Å². The number of hydrogen-bond donors (Lipinski definition) is 2. The summed E-state index contributed by atoms with van der Waals surface area (Å²) in [5.74, 6) is -0.565. The number of carbonyl (C=O) groups excluding carboxylic acids is 1. The molecule has 23 heavy (non-hydrogen) atoms. The number of aromatic nitrogens is 1. The molecule has 5 nitrogen and oxygen atoms in total. The van der Waals surface area contributed by atoms with Gasteiger partial charge < -0.3 is 15.0 Å². The summed E-state index contributed by atoms with van der Waals surface area (Å²) >= 11 is 0. The minimum atomic E-state index is -0.311. The van der Waals surface area contributed by atoms with Crippen LogP contribution in [0, 0.1) is 5.82 Å². The van der Waals surface area contributed by atoms with Gasteiger partial charge in [0.1, 0.15) is 5.82 Å². The quantitative estimate of drug-likeness (QED) is 0.911. The molecule has 3 rings (SSSR count). The molecule has 1 fully saturated rings. The van der Waals surface area contributed by atoms with E-state index in [9.17, 15) is 14.0 Å². The highest BCUT2D eigenvalue weighted by Gasteiger charge is 2.25. The summed E-state index contributed by atoms with van der Waals surface area (Å²) in [6.07, 6.45) is 2.59. The standard InChI is InChI=1S/C17H17FN2O3/c18-13-3-1-11(2-4-13)15-10-14(6-8-23-15)20-17(22)12-5-7-19-16(21)9-12/h1-5,7,9,14-15H,6,8,10H2,(H,19,21)(H,20,22). The summed E-state index contributed by atoms with van der Waals surface area (Å²) in [7, 11) is 0. The van der Waals surface area contributed by atoms with Crippen LogP contribution in [0.3, 0.4) is 0 Å². The first-order valence-corrected chi connectivity index (χ1v) is 7.48. The van der Waals surface area contributed by atoms with E-state index in [1.165, 1.54) is 24.4 Å². The molecule has 2 unspecified atom stereocenters. The van der Waals surface area contributed by atoms with Gasteiger partial charge in [-0.05, 0) is 36.6 Å². The number of carbonyl (C=O) groups is 1. The molecule has 0 spiro atoms. The maximum Gasteiger partial charge on any atom is 0.251 e. The Kier molecular flexibility index (Phi) is 4.52. The van der Waals surface area contributed by atoms with Crippen LogP contribution in [0.15, 0.2) is 47.4 Å². The Bertz CT molecular complexity index is 742. The number of H-pyrrole nitrogens is 1. The first kappa shape index (κ1) is 15.4. The number of ether oxygens (including phenoxy) is 1. The van der Waals surface area contributed by atoms with Gasteiger partial charge in [-0.15, -0.1) is 0 Å². The van der Waals surface area contributed by atoms with Gasteiger partial charge in [0.05, 0.1) is 6.10 Å². The number of rotatable bonds is 3. The molecular formula is C17H17FN2O3. The molecule has 1 aromatic carbocycles. The van der Waals surface area contributed by atoms with Gasteiger partial charge in [0, 0.05) is 30.5 Å². The van der Waals surface area contributed by atoms with E-state index in [4.69, 9.17) is 4.74 Å². The molecule has 2 N–H and O–H groups in total. The lowest BCUT2D eigenvalue weighted by atomic mass is 9.97. The van der Waals surface area contributed by atoms with Crippen LogP contribution in [0.5, 0.6) is 0 Å². The van der Waals surface area contributed by atoms with Crippen molar-refractivity contribution in [2.75, 3.05) is 6.61 Å². The van der Waals surface area contributed by atoms with Gasteiger partial charge >= 0.3 is 0 Å². The highest BCUT2D eigenvalue weighted by molar-refractivity contribution is 5.94. The number of hydrogen-bond acceptors (Lipinski definition) is 3. The minimum Gasteiger partial charge on any atom is -0.373 e. The fourth-order valence-electron chi connectivity index (χ4n) is 2.69. The van der Waals surface area contributed by atoms with E-state index < -0.39 is 0 Å². The predicted octanol–water partition coefficient (Wildman–Crippen LogP) is 2.16. The average Bonchev–Trinajstić information content (AvgIpc) is 2.56. The van der Waals surface area contributed by atoms with E-state index in [1.54, 1.807) is 18.2 Å². The lowest BCUT2D eigenvalue weighted by molar-refractivity contribution is 0.000874. The van der Waals surface area contributed by atoms with E-state index >= 15 is 0 Å². The molecule has 1 saturated heterocycles. The first-order valence-electron chi connectivity index (χ1n) is 7.48. The van der Waals surface area contributed by atoms with Crippen molar-refractivity contribution in [3.63, 3.8) is 0 Å². The molecule has 2 atom stereocenters. The summed E-state index contributed by atoms with van der Waals surface area (Å²) < 4.78 is 18.7. The zero-order valence-corrected chi connectivity index (χ0v) is 12.4. The number of nitrogens with one attached hydrogen (secondary N) is 2. The molecule has 0 saturated carbocycles. The number of benzene rings is 1. The maximum absolute atomic E-state index is 13.0. The van der Waals surface area contributed by atoms with Crippen LogP contribution in [0.4, 0.5) is 4.39 Å². The lowest BCUT2D eigenvalue weighted by Crippen LogP contribution is -2.40. The zero-order valence-electron chi connectivity index (χ0n) is 12.4. The van der Waals surface area contributed by atoms with Gasteiger partial charge in [-0.1, -0.05) is 12.1 Å². The Hall–Kier alpha value is -2.47. The van der Waals surface area contributed by atoms with Gasteiger partial charge in [-0.3, -0.25) is 9.59 Å². The van der Waals surface area contributed by atoms with Gasteiger partial charge in [-0.2, -0.15) is 0 Å². The van der Waals surface area contributed by atoms with E-state index in [0.29, 0.717) is 25.0 Å². The number of amides is 1. The Morgan fingerprint density at radius 2 is 2.04 bits per heavy atom. The van der Waals surface area contributed by atoms with Crippen molar-refractivity contribution < 1.29 is 13.9 Å². The van der Waals surface area contributed by atoms with E-state index in [1.807, 2.05) is 0 Å². The van der Waals surface area contributed by atoms with Crippen LogP contribution in [-0.2, 0) is 4.74 Å². The molecule has 1 aromatic heterocycles. The van der Waals surface area contributed by atoms with Crippen LogP contribution in [0.25, 0.3) is 0 Å². The molecule has 0 bridgehead atoms. The highest BCUT2D eigenvalue weighted by Crippen LogP contribution is 2.28. The largest absolute Gasteiger partial charge is 0.373 e. The molecule has 0 radical (unpaired) electrons. The second-order valence-electron chi connectivity index (χ2n) is 5.55. The van der Waals surface area contributed by atoms with Crippen LogP contribution >= 0.6 is 0 Å². The Morgan fingerprint density at radius 1 is 1.26 bits per heavy atom. The Balaban J connectivity index is 1.65. The van der Waals surface area contributed by atoms with Crippen molar-refractivity contribution in [1.82, 2.24) is 10.3 Å². The van der Waals surface area contributed by atoms with Crippen LogP contribution in [-0.4, -0.2) is 23.5 Å². The van der Waals surface area contributed by atoms with Crippen molar-refractivity contribution in [1.29, 1.82) is 0 Å². The summed E-state index contributed by atoms with van der Waals surface area (Å²) in [5, 5.41) is 2.93. The van der Waals surface area contributed by atoms with Gasteiger partial charge in [0.15, 0.2) is 0 Å². The van der Waals surface area contributed by atoms with Crippen molar-refractivity contribution >= 4 is 5.91 Å². The van der Waals surface area contributed by atoms with Crippen LogP contribution in [0.2, 0.25) is 0 Å². The molecule has 120 valence electrons. The summed E-state index contributed by atoms with van der Waals surface area (Å²) in [6.45, 7) is 0.516. The maximum atomic E-state index is 13.0. The van der Waals surface area contributed by atoms with Gasteiger partial charge in [-0.25, -0.2) is 4.39 Å². The Morgan fingerprint density at radius 3 is 2.78 bits per heavy atom. The molecule has 1 aliphatic heterocycles. The number of aromatic amines is 1. The smallest absolute Gasteiger partial charge is 0.251 e. The van der Waals surface area contributed by atoms with Crippen LogP contribution < -0.4 is 10.9 Å². The lowest BCUT2D eigenvalue weighted by Gasteiger charge is -2.30. The third kappa shape index (κ3) is 3.84. The normalized spacial score (nSPS) is 20.9. The zero-order chi connectivity index (χ0) is 16.2. The summed E-state index contributed by atoms with van der Waals surface area (Å²) in [4.78, 5) is 25.9. The fourth-order valence-corrected chi connectivity index (χ4v) is 2.69. The van der Waals surface area contributed by atoms with Crippen molar-refractivity contribution in [2.24, 2.45) is 0 Å². The Labute approximate surface area is 132 Å². The van der Waals surface area contributed by atoms with E-state index in [2.05, 4.69) is 10.3 Å². The molecule has 2 aromatic rings. The molecule has 6 heteroatoms. The summed E-state index contributed by atoms with van der Waals surface area (Å²) in [5.41, 5.74) is 0.911. The number of pyridine rings is 1. The predicted molar refractivity (Wildman–Crippen MR) is 82.6 cm³/mol. The monoisotopic (exact) mass is 316 g/mol. The van der Waals surface area contributed by atoms with Crippen molar-refractivity contribution in [3.05, 3.63) is 69.9 Å². The fraction of sp³-hybridized carbons (Fsp3) is 0.294. The van der Waals surface area contributed by atoms with E-state index in [0.717, 1.165) is 5.56 Å². The van der Waals surface area contributed by atoms with Crippen molar-refractivity contribution in [2.45, 2.75) is 25.0 Å². The molecular weight excluding hydrogens is 299 g/mol. The molecule has 1 aliphatic rings. The summed E-state index contributed by atoms with van der Waals surface area (Å²) in [6, 6.07) is 8.97. The third-order valence-electron chi connectivity index (χ3n) is 3.90. The molecule has 2 heterocycles. The number of halogens is 1. The highest BCUT2D eigenvalue weighted by atomic mass is 19.1. The second-order valence-corrected chi connectivity index (χ2v) is 5.55.